The normalized spacial score (nSPS) is 19.4. The number of halogens is 2. The Morgan fingerprint density at radius 3 is 0.769 bits per heavy atom. The number of aliphatic hydroxyl groups is 4. The minimum Gasteiger partial charge on any atom is -0.389 e. The number of nitrogens with one attached hydrogen (secondary N) is 8. The summed E-state index contributed by atoms with van der Waals surface area (Å²) in [6.07, 6.45) is 37.4. The number of rotatable bonds is 28. The lowest BCUT2D eigenvalue weighted by atomic mass is 9.95. The first-order valence-electron chi connectivity index (χ1n) is 51.3. The third-order valence-electron chi connectivity index (χ3n) is 27.6. The molecule has 8 fully saturated rings. The predicted octanol–water partition coefficient (Wildman–Crippen LogP) is 18.2. The summed E-state index contributed by atoms with van der Waals surface area (Å²) in [5.74, 6) is -2.51. The molecule has 0 spiro atoms. The van der Waals surface area contributed by atoms with Crippen molar-refractivity contribution in [1.82, 2.24) is 80.7 Å². The first-order valence-corrected chi connectivity index (χ1v) is 54.6. The van der Waals surface area contributed by atoms with Crippen LogP contribution < -0.4 is 42.5 Å². The van der Waals surface area contributed by atoms with Crippen LogP contribution in [0, 0.1) is 27.7 Å². The van der Waals surface area contributed by atoms with E-state index in [4.69, 9.17) is 0 Å². The molecular weight excluding hydrogens is 1900 g/mol. The molecule has 0 bridgehead atoms. The van der Waals surface area contributed by atoms with E-state index in [9.17, 15) is 67.6 Å². The van der Waals surface area contributed by atoms with E-state index in [0.29, 0.717) is 86.0 Å². The zero-order valence-electron chi connectivity index (χ0n) is 86.0. The summed E-state index contributed by atoms with van der Waals surface area (Å²) >= 11 is 4.63. The van der Waals surface area contributed by atoms with Crippen molar-refractivity contribution in [2.45, 2.75) is 367 Å². The first kappa shape index (κ1) is 110. The van der Waals surface area contributed by atoms with Crippen LogP contribution in [-0.4, -0.2) is 256 Å². The van der Waals surface area contributed by atoms with E-state index in [-0.39, 0.29) is 87.8 Å². The van der Waals surface area contributed by atoms with Crippen LogP contribution in [0.1, 0.15) is 366 Å². The summed E-state index contributed by atoms with van der Waals surface area (Å²) in [4.78, 5) is 151. The van der Waals surface area contributed by atoms with E-state index in [1.165, 1.54) is 105 Å². The fraction of sp³-hybridized carbons (Fsp3) is 0.619. The lowest BCUT2D eigenvalue weighted by Crippen LogP contribution is -2.42. The van der Waals surface area contributed by atoms with Gasteiger partial charge in [-0.2, -0.15) is 0 Å². The number of aryl methyl sites for hydroxylation is 4. The second kappa shape index (κ2) is 48.4. The number of hydrogen-bond donors (Lipinski definition) is 12. The number of amides is 8. The van der Waals surface area contributed by atoms with Gasteiger partial charge in [0.05, 0.1) is 48.5 Å². The minimum atomic E-state index is -2.97. The molecule has 778 valence electrons. The van der Waals surface area contributed by atoms with Gasteiger partial charge < -0.3 is 82.6 Å². The third kappa shape index (κ3) is 30.3. The van der Waals surface area contributed by atoms with Gasteiger partial charge >= 0.3 is 0 Å². The molecule has 38 heteroatoms. The summed E-state index contributed by atoms with van der Waals surface area (Å²) < 4.78 is 28.1. The zero-order chi connectivity index (χ0) is 103. The number of alkyl halides is 2. The molecule has 8 aromatic rings. The van der Waals surface area contributed by atoms with Crippen molar-refractivity contribution in [3.63, 3.8) is 0 Å². The van der Waals surface area contributed by atoms with E-state index in [1.807, 2.05) is 73.6 Å². The summed E-state index contributed by atoms with van der Waals surface area (Å²) in [6.45, 7) is 30.2. The van der Waals surface area contributed by atoms with Crippen molar-refractivity contribution < 1.29 is 67.6 Å². The minimum absolute atomic E-state index is 0.0124. The number of nitrogens with zero attached hydrogens (tertiary/aromatic N) is 12. The smallest absolute Gasteiger partial charge is 0.280 e. The Morgan fingerprint density at radius 2 is 0.559 bits per heavy atom. The number of carbonyl (C=O) groups is 8. The average molecular weight is 2050 g/mol. The van der Waals surface area contributed by atoms with Crippen LogP contribution >= 0.6 is 45.3 Å². The molecule has 4 aliphatic carbocycles. The van der Waals surface area contributed by atoms with Crippen molar-refractivity contribution in [2.24, 2.45) is 0 Å². The summed E-state index contributed by atoms with van der Waals surface area (Å²) in [7, 11) is 0. The van der Waals surface area contributed by atoms with Crippen LogP contribution in [0.2, 0.25) is 0 Å². The summed E-state index contributed by atoms with van der Waals surface area (Å²) in [5.41, 5.74) is 3.45. The van der Waals surface area contributed by atoms with Crippen LogP contribution in [0.4, 0.5) is 32.1 Å². The fourth-order valence-corrected chi connectivity index (χ4v) is 23.7. The number of likely N-dealkylation sites (tertiary alicyclic amines) is 4. The highest BCUT2D eigenvalue weighted by molar-refractivity contribution is 7.18. The number of pyridine rings is 4. The van der Waals surface area contributed by atoms with Gasteiger partial charge in [0, 0.05) is 148 Å². The Morgan fingerprint density at radius 1 is 0.336 bits per heavy atom. The standard InChI is InChI=1S/C27H39N5O3S.C26H35F2N5O3S.2C26H37N5O3S/c1-17-14-21(30-19-11-6-5-7-12-19)28-15-20(17)23-22(26(34)32-13-9-8-10-18(32)2)31-25(36-23)24(33)29-16-27(3,4)35;1-15-10-19(31-17-8-6-5-7-9-17)29-12-18(15)21-20(24(35)33-14-26(27,28)11-16(33)2)32-23(37-21)22(34)30-13-25(3,4)36;1-16-13-20(29-18-10-5-6-11-18)27-14-19(16)22-21(25(33)31-12-8-7-9-17(31)2)30-24(35-22)23(32)28-15-26(3,4)34;1-16-13-20(29-18-10-6-5-7-11-18)27-14-19(16)22-21(25(33)31-12-8-9-17(31)2)30-24(35-22)23(32)28-15-26(3,4)34/h14-15,18-19,35H,5-13,16H2,1-4H3,(H,28,30)(H,29,33);10,12,16-17,36H,5-9,11,13-14H2,1-4H3,(H,29,31)(H,30,34);2*13-14,17-18,34H,5-12,15H2,1-4H3,(H,27,29)(H,28,32)/t18-;16-;2*17-/m0000/s1. The maximum absolute atomic E-state index is 14.1. The number of hydrogen-bond acceptors (Lipinski definition) is 28. The van der Waals surface area contributed by atoms with Crippen LogP contribution in [0.5, 0.6) is 0 Å². The van der Waals surface area contributed by atoms with Gasteiger partial charge in [-0.1, -0.05) is 70.6 Å². The highest BCUT2D eigenvalue weighted by Crippen LogP contribution is 2.43. The molecule has 8 aromatic heterocycles. The number of anilines is 4. The quantitative estimate of drug-likeness (QED) is 0.0217. The molecule has 4 saturated carbocycles. The molecule has 8 amide bonds. The maximum atomic E-state index is 14.1. The number of piperidine rings is 2. The zero-order valence-corrected chi connectivity index (χ0v) is 89.3. The molecule has 4 saturated heterocycles. The van der Waals surface area contributed by atoms with Gasteiger partial charge in [0.1, 0.15) is 46.0 Å². The van der Waals surface area contributed by atoms with Crippen molar-refractivity contribution in [3.8, 4) is 41.8 Å². The van der Waals surface area contributed by atoms with Crippen molar-refractivity contribution in [1.29, 1.82) is 0 Å². The topological polar surface area (TPSA) is 430 Å². The maximum Gasteiger partial charge on any atom is 0.280 e. The Bertz CT molecular complexity index is 5770. The van der Waals surface area contributed by atoms with E-state index in [0.717, 1.165) is 181 Å². The SMILES string of the molecule is Cc1cc(NC2CCCC2)ncc1-c1sc(C(=O)NCC(C)(C)O)nc1C(=O)N1CCCC[C@@H]1C.Cc1cc(NC2CCCCC2)ncc1-c1sc(C(=O)NCC(C)(C)O)nc1C(=O)N1CC(F)(F)C[C@@H]1C.Cc1cc(NC2CCCCC2)ncc1-c1sc(C(=O)NCC(C)(C)O)nc1C(=O)N1CCCC[C@@H]1C.Cc1cc(NC2CCCCC2)ncc1-c1sc(C(=O)NCC(C)(C)O)nc1C(=O)N1CCC[C@@H]1C. The average Bonchev–Trinajstić information content (AvgIpc) is 1.63. The Labute approximate surface area is 855 Å². The van der Waals surface area contributed by atoms with E-state index in [2.05, 4.69) is 96.3 Å². The van der Waals surface area contributed by atoms with Crippen LogP contribution in [0.3, 0.4) is 0 Å². The molecule has 4 atom stereocenters. The first-order chi connectivity index (χ1) is 67.7. The third-order valence-corrected chi connectivity index (χ3v) is 31.9. The van der Waals surface area contributed by atoms with Gasteiger partial charge in [-0.3, -0.25) is 38.4 Å². The molecule has 143 heavy (non-hydrogen) atoms. The molecular formula is C105H148F2N20O12S4. The van der Waals surface area contributed by atoms with Gasteiger partial charge in [-0.05, 0) is 260 Å². The monoisotopic (exact) mass is 2050 g/mol. The highest BCUT2D eigenvalue weighted by atomic mass is 32.1. The molecule has 0 aromatic carbocycles. The lowest BCUT2D eigenvalue weighted by Gasteiger charge is -2.33. The van der Waals surface area contributed by atoms with Crippen molar-refractivity contribution >= 4 is 116 Å². The van der Waals surface area contributed by atoms with Crippen LogP contribution in [-0.2, 0) is 0 Å². The highest BCUT2D eigenvalue weighted by Gasteiger charge is 2.47. The Hall–Kier alpha value is -10.2. The van der Waals surface area contributed by atoms with E-state index in [1.54, 1.807) is 87.1 Å². The molecule has 32 nitrogen and oxygen atoms in total. The number of carbonyl (C=O) groups excluding carboxylic acids is 8. The molecule has 0 radical (unpaired) electrons. The molecule has 0 unspecified atom stereocenters. The van der Waals surface area contributed by atoms with Gasteiger partial charge in [-0.15, -0.1) is 45.3 Å². The molecule has 12 N–H and O–H groups in total. The summed E-state index contributed by atoms with van der Waals surface area (Å²) in [6, 6.07) is 9.43. The largest absolute Gasteiger partial charge is 0.389 e. The lowest BCUT2D eigenvalue weighted by molar-refractivity contribution is 0.0117. The van der Waals surface area contributed by atoms with Gasteiger partial charge in [0.15, 0.2) is 20.0 Å². The van der Waals surface area contributed by atoms with Gasteiger partial charge in [-0.25, -0.2) is 48.7 Å². The number of aromatic nitrogens is 8. The predicted molar refractivity (Wildman–Crippen MR) is 561 cm³/mol. The van der Waals surface area contributed by atoms with Crippen molar-refractivity contribution in [2.75, 3.05) is 73.6 Å². The van der Waals surface area contributed by atoms with Gasteiger partial charge in [0.25, 0.3) is 53.2 Å². The molecule has 8 aliphatic rings. The second-order valence-corrected chi connectivity index (χ2v) is 46.9. The summed E-state index contributed by atoms with van der Waals surface area (Å²) in [5, 5.41) is 65.5. The van der Waals surface area contributed by atoms with E-state index < -0.39 is 76.9 Å². The van der Waals surface area contributed by atoms with Gasteiger partial charge in [0.2, 0.25) is 0 Å². The van der Waals surface area contributed by atoms with Crippen molar-refractivity contribution in [3.05, 3.63) is 114 Å². The fourth-order valence-electron chi connectivity index (χ4n) is 19.5. The molecule has 16 rings (SSSR count). The molecule has 12 heterocycles. The Balaban J connectivity index is 0.000000160. The second-order valence-electron chi connectivity index (χ2n) is 42.9. The van der Waals surface area contributed by atoms with E-state index >= 15 is 0 Å². The van der Waals surface area contributed by atoms with Crippen LogP contribution in [0.25, 0.3) is 41.8 Å². The van der Waals surface area contributed by atoms with Crippen LogP contribution in [0.15, 0.2) is 49.1 Å². The molecule has 4 aliphatic heterocycles. The number of thiazole rings is 4. The Kier molecular flexibility index (Phi) is 37.2.